The molecule has 0 radical (unpaired) electrons. The molecule has 0 atom stereocenters. The van der Waals surface area contributed by atoms with E-state index < -0.39 is 0 Å². The highest BCUT2D eigenvalue weighted by atomic mass is 32.1. The van der Waals surface area contributed by atoms with E-state index in [1.165, 1.54) is 0 Å². The van der Waals surface area contributed by atoms with Gasteiger partial charge in [0.15, 0.2) is 0 Å². The lowest BCUT2D eigenvalue weighted by Gasteiger charge is -1.90. The molecule has 2 heteroatoms. The maximum atomic E-state index is 4.84. The Balaban J connectivity index is 3.58. The van der Waals surface area contributed by atoms with Gasteiger partial charge in [0.05, 0.1) is 0 Å². The van der Waals surface area contributed by atoms with Crippen LogP contribution in [-0.4, -0.2) is 9.73 Å². The topological polar surface area (TPSA) is 0 Å². The Kier molecular flexibility index (Phi) is 3.30. The van der Waals surface area contributed by atoms with E-state index in [2.05, 4.69) is 0 Å². The first-order valence-electron chi connectivity index (χ1n) is 2.22. The van der Waals surface area contributed by atoms with Crippen molar-refractivity contribution in [2.45, 2.75) is 20.3 Å². The highest BCUT2D eigenvalue weighted by Gasteiger charge is 1.90. The van der Waals surface area contributed by atoms with Crippen molar-refractivity contribution in [1.82, 2.24) is 0 Å². The van der Waals surface area contributed by atoms with Crippen LogP contribution in [0.5, 0.6) is 0 Å². The van der Waals surface area contributed by atoms with Crippen LogP contribution in [0.2, 0.25) is 0 Å². The summed E-state index contributed by atoms with van der Waals surface area (Å²) in [5, 5.41) is 0. The Morgan fingerprint density at radius 1 is 1.43 bits per heavy atom. The average molecular weight is 132 g/mol. The molecular formula is C5H8S2. The molecule has 0 fully saturated rings. The smallest absolute Gasteiger partial charge is 0.0285 e. The van der Waals surface area contributed by atoms with Crippen molar-refractivity contribution < 1.29 is 0 Å². The molecule has 0 N–H and O–H groups in total. The van der Waals surface area contributed by atoms with Crippen molar-refractivity contribution in [3.63, 3.8) is 0 Å². The zero-order valence-electron chi connectivity index (χ0n) is 4.52. The van der Waals surface area contributed by atoms with Crippen LogP contribution in [0.4, 0.5) is 0 Å². The number of hydrogen-bond acceptors (Lipinski definition) is 2. The van der Waals surface area contributed by atoms with E-state index in [1.807, 2.05) is 13.8 Å². The van der Waals surface area contributed by atoms with Gasteiger partial charge >= 0.3 is 0 Å². The largest absolute Gasteiger partial charge is 0.0840 e. The van der Waals surface area contributed by atoms with Crippen LogP contribution in [0.15, 0.2) is 0 Å². The second kappa shape index (κ2) is 3.22. The van der Waals surface area contributed by atoms with E-state index >= 15 is 0 Å². The number of hydrogen-bond donors (Lipinski definition) is 0. The van der Waals surface area contributed by atoms with Crippen molar-refractivity contribution in [2.75, 3.05) is 0 Å². The maximum absolute atomic E-state index is 4.84. The van der Waals surface area contributed by atoms with E-state index in [9.17, 15) is 0 Å². The first-order valence-corrected chi connectivity index (χ1v) is 3.04. The van der Waals surface area contributed by atoms with Crippen molar-refractivity contribution in [3.05, 3.63) is 0 Å². The third kappa shape index (κ3) is 2.83. The molecule has 0 aromatic heterocycles. The fraction of sp³-hybridized carbons (Fsp3) is 0.600. The van der Waals surface area contributed by atoms with E-state index in [1.54, 1.807) is 0 Å². The van der Waals surface area contributed by atoms with Crippen molar-refractivity contribution in [2.24, 2.45) is 0 Å². The van der Waals surface area contributed by atoms with Gasteiger partial charge in [-0.15, -0.1) is 0 Å². The fourth-order valence-electron chi connectivity index (χ4n) is 0.249. The molecule has 0 nitrogen and oxygen atoms in total. The Morgan fingerprint density at radius 3 is 1.86 bits per heavy atom. The van der Waals surface area contributed by atoms with Crippen molar-refractivity contribution in [1.29, 1.82) is 0 Å². The van der Waals surface area contributed by atoms with Gasteiger partial charge in [0.2, 0.25) is 0 Å². The average Bonchev–Trinajstić information content (AvgIpc) is 1.65. The van der Waals surface area contributed by atoms with Crippen LogP contribution < -0.4 is 0 Å². The van der Waals surface area contributed by atoms with E-state index in [0.717, 1.165) is 16.1 Å². The second-order valence-corrected chi connectivity index (χ2v) is 2.44. The molecule has 0 aromatic rings. The molecule has 0 aliphatic heterocycles. The maximum Gasteiger partial charge on any atom is 0.0285 e. The molecule has 0 saturated heterocycles. The third-order valence-electron chi connectivity index (χ3n) is 0.714. The Morgan fingerprint density at radius 2 is 1.86 bits per heavy atom. The quantitative estimate of drug-likeness (QED) is 0.528. The van der Waals surface area contributed by atoms with Crippen molar-refractivity contribution >= 4 is 34.2 Å². The molecule has 0 aromatic carbocycles. The molecule has 40 valence electrons. The molecule has 0 heterocycles. The lowest BCUT2D eigenvalue weighted by molar-refractivity contribution is 1.34. The minimum absolute atomic E-state index is 0.859. The first kappa shape index (κ1) is 7.18. The normalized spacial score (nSPS) is 8.29. The molecule has 0 bridgehead atoms. The highest BCUT2D eigenvalue weighted by molar-refractivity contribution is 7.89. The van der Waals surface area contributed by atoms with Crippen LogP contribution in [-0.2, 0) is 0 Å². The molecule has 0 spiro atoms. The Labute approximate surface area is 54.9 Å². The van der Waals surface area contributed by atoms with Crippen LogP contribution in [0.1, 0.15) is 20.3 Å². The van der Waals surface area contributed by atoms with Gasteiger partial charge in [-0.2, -0.15) is 0 Å². The third-order valence-corrected chi connectivity index (χ3v) is 1.68. The van der Waals surface area contributed by atoms with Crippen LogP contribution in [0.25, 0.3) is 0 Å². The van der Waals surface area contributed by atoms with Gasteiger partial charge < -0.3 is 0 Å². The Hall–Kier alpha value is 0.180. The van der Waals surface area contributed by atoms with Crippen LogP contribution in [0.3, 0.4) is 0 Å². The van der Waals surface area contributed by atoms with Crippen LogP contribution >= 0.6 is 24.4 Å². The fourth-order valence-corrected chi connectivity index (χ4v) is 0.393. The minimum Gasteiger partial charge on any atom is -0.0840 e. The van der Waals surface area contributed by atoms with Gasteiger partial charge in [0.1, 0.15) is 0 Å². The molecule has 7 heavy (non-hydrogen) atoms. The SMILES string of the molecule is CCC(=S)C(C)=S. The summed E-state index contributed by atoms with van der Waals surface area (Å²) in [5.74, 6) is 0. The highest BCUT2D eigenvalue weighted by Crippen LogP contribution is 1.87. The van der Waals surface area contributed by atoms with E-state index in [-0.39, 0.29) is 0 Å². The van der Waals surface area contributed by atoms with Gasteiger partial charge in [-0.3, -0.25) is 0 Å². The zero-order valence-corrected chi connectivity index (χ0v) is 6.16. The summed E-state index contributed by atoms with van der Waals surface area (Å²) in [6.45, 7) is 3.87. The van der Waals surface area contributed by atoms with Crippen molar-refractivity contribution in [3.8, 4) is 0 Å². The van der Waals surface area contributed by atoms with E-state index in [0.29, 0.717) is 0 Å². The summed E-state index contributed by atoms with van der Waals surface area (Å²) in [6.07, 6.45) is 0.907. The molecular weight excluding hydrogens is 124 g/mol. The van der Waals surface area contributed by atoms with Gasteiger partial charge in [-0.25, -0.2) is 0 Å². The molecule has 0 amide bonds. The molecule has 0 unspecified atom stereocenters. The summed E-state index contributed by atoms with van der Waals surface area (Å²) in [6, 6.07) is 0. The standard InChI is InChI=1S/C5H8S2/c1-3-5(7)4(2)6/h3H2,1-2H3. The lowest BCUT2D eigenvalue weighted by atomic mass is 10.3. The molecule has 0 saturated carbocycles. The monoisotopic (exact) mass is 132 g/mol. The molecule has 0 aliphatic rings. The Bertz CT molecular complexity index is 94.3. The second-order valence-electron chi connectivity index (χ2n) is 1.33. The van der Waals surface area contributed by atoms with Crippen LogP contribution in [0, 0.1) is 0 Å². The predicted octanol–water partition coefficient (Wildman–Crippen LogP) is 2.16. The summed E-state index contributed by atoms with van der Waals surface area (Å²) in [5.41, 5.74) is 0. The van der Waals surface area contributed by atoms with Gasteiger partial charge in [-0.05, 0) is 13.3 Å². The molecule has 0 rings (SSSR count). The van der Waals surface area contributed by atoms with Gasteiger partial charge in [-0.1, -0.05) is 31.4 Å². The van der Waals surface area contributed by atoms with Gasteiger partial charge in [0, 0.05) is 9.73 Å². The molecule has 0 aliphatic carbocycles. The number of thiocarbonyl (C=S) groups is 2. The lowest BCUT2D eigenvalue weighted by Crippen LogP contribution is -2.00. The summed E-state index contributed by atoms with van der Waals surface area (Å²) < 4.78 is 0. The predicted molar refractivity (Wildman–Crippen MR) is 41.2 cm³/mol. The van der Waals surface area contributed by atoms with Gasteiger partial charge in [0.25, 0.3) is 0 Å². The van der Waals surface area contributed by atoms with E-state index in [4.69, 9.17) is 24.4 Å². The summed E-state index contributed by atoms with van der Waals surface area (Å²) in [7, 11) is 0. The summed E-state index contributed by atoms with van der Waals surface area (Å²) >= 11 is 9.61. The summed E-state index contributed by atoms with van der Waals surface area (Å²) in [4.78, 5) is 1.77. The zero-order chi connectivity index (χ0) is 5.86. The number of rotatable bonds is 2. The first-order chi connectivity index (χ1) is 3.18. The minimum atomic E-state index is 0.859.